The van der Waals surface area contributed by atoms with Gasteiger partial charge in [-0.05, 0) is 56.1 Å². The molecular weight excluding hydrogens is 224 g/mol. The van der Waals surface area contributed by atoms with E-state index in [9.17, 15) is 5.11 Å². The van der Waals surface area contributed by atoms with Crippen LogP contribution < -0.4 is 5.32 Å². The molecule has 0 bridgehead atoms. The summed E-state index contributed by atoms with van der Waals surface area (Å²) < 4.78 is 0. The number of rotatable bonds is 2. The molecule has 3 heteroatoms. The Labute approximate surface area is 109 Å². The molecule has 1 saturated heterocycles. The number of hydrogen-bond donors (Lipinski definition) is 2. The van der Waals surface area contributed by atoms with Crippen LogP contribution in [-0.2, 0) is 6.42 Å². The number of fused-ring (bicyclic) bond motifs is 1. The first kappa shape index (κ1) is 12.0. The molecule has 0 radical (unpaired) electrons. The molecule has 2 N–H and O–H groups in total. The normalized spacial score (nSPS) is 24.8. The van der Waals surface area contributed by atoms with Crippen molar-refractivity contribution < 1.29 is 5.11 Å². The topological polar surface area (TPSA) is 35.5 Å². The fourth-order valence-electron chi connectivity index (χ4n) is 3.24. The number of aromatic hydroxyl groups is 1. The number of piperidine rings is 1. The molecule has 0 aliphatic carbocycles. The van der Waals surface area contributed by atoms with Crippen molar-refractivity contribution in [3.8, 4) is 5.75 Å². The summed E-state index contributed by atoms with van der Waals surface area (Å²) in [6, 6.07) is 6.32. The molecule has 1 aromatic rings. The van der Waals surface area contributed by atoms with Crippen molar-refractivity contribution in [2.24, 2.45) is 0 Å². The Morgan fingerprint density at radius 2 is 2.06 bits per heavy atom. The third-order valence-corrected chi connectivity index (χ3v) is 4.22. The van der Waals surface area contributed by atoms with Crippen molar-refractivity contribution in [1.82, 2.24) is 10.2 Å². The van der Waals surface area contributed by atoms with Crippen LogP contribution in [0.4, 0.5) is 0 Å². The van der Waals surface area contributed by atoms with Crippen LogP contribution in [0.3, 0.4) is 0 Å². The molecule has 1 aromatic carbocycles. The maximum atomic E-state index is 9.94. The summed E-state index contributed by atoms with van der Waals surface area (Å²) in [5.74, 6) is 0.470. The van der Waals surface area contributed by atoms with Crippen molar-refractivity contribution in [2.75, 3.05) is 26.2 Å². The van der Waals surface area contributed by atoms with Crippen molar-refractivity contribution in [3.63, 3.8) is 0 Å². The van der Waals surface area contributed by atoms with Gasteiger partial charge >= 0.3 is 0 Å². The Morgan fingerprint density at radius 1 is 1.22 bits per heavy atom. The van der Waals surface area contributed by atoms with Gasteiger partial charge in [-0.3, -0.25) is 0 Å². The summed E-state index contributed by atoms with van der Waals surface area (Å²) in [5, 5.41) is 13.5. The lowest BCUT2D eigenvalue weighted by molar-refractivity contribution is 0.202. The summed E-state index contributed by atoms with van der Waals surface area (Å²) >= 11 is 0. The van der Waals surface area contributed by atoms with Gasteiger partial charge in [0.2, 0.25) is 0 Å². The van der Waals surface area contributed by atoms with Crippen molar-refractivity contribution in [1.29, 1.82) is 0 Å². The van der Waals surface area contributed by atoms with Gasteiger partial charge in [-0.15, -0.1) is 0 Å². The van der Waals surface area contributed by atoms with Gasteiger partial charge in [0.25, 0.3) is 0 Å². The molecule has 2 aliphatic heterocycles. The summed E-state index contributed by atoms with van der Waals surface area (Å²) in [7, 11) is 0. The molecule has 2 aliphatic rings. The van der Waals surface area contributed by atoms with Crippen LogP contribution in [-0.4, -0.2) is 36.2 Å². The Morgan fingerprint density at radius 3 is 2.89 bits per heavy atom. The molecule has 1 fully saturated rings. The Bertz CT molecular complexity index is 413. The molecule has 18 heavy (non-hydrogen) atoms. The van der Waals surface area contributed by atoms with E-state index < -0.39 is 0 Å². The second-order valence-electron chi connectivity index (χ2n) is 5.46. The first-order valence-electron chi connectivity index (χ1n) is 7.11. The van der Waals surface area contributed by atoms with Crippen molar-refractivity contribution in [3.05, 3.63) is 29.3 Å². The lowest BCUT2D eigenvalue weighted by atomic mass is 9.93. The number of nitrogens with zero attached hydrogens (tertiary/aromatic N) is 1. The van der Waals surface area contributed by atoms with Gasteiger partial charge < -0.3 is 15.3 Å². The maximum Gasteiger partial charge on any atom is 0.119 e. The number of likely N-dealkylation sites (tertiary alicyclic amines) is 1. The lowest BCUT2D eigenvalue weighted by Gasteiger charge is -2.34. The number of nitrogens with one attached hydrogen (secondary N) is 1. The Kier molecular flexibility index (Phi) is 3.52. The number of hydrogen-bond acceptors (Lipinski definition) is 3. The quantitative estimate of drug-likeness (QED) is 0.838. The van der Waals surface area contributed by atoms with Crippen molar-refractivity contribution >= 4 is 0 Å². The minimum Gasteiger partial charge on any atom is -0.508 e. The van der Waals surface area contributed by atoms with Gasteiger partial charge in [-0.2, -0.15) is 0 Å². The SMILES string of the molecule is Oc1cccc2c1CCNC2CN1CCCCC1. The van der Waals surface area contributed by atoms with Crippen LogP contribution in [0.15, 0.2) is 18.2 Å². The average molecular weight is 246 g/mol. The molecule has 1 atom stereocenters. The molecular formula is C15H22N2O. The van der Waals surface area contributed by atoms with Crippen LogP contribution in [0.1, 0.15) is 36.4 Å². The minimum atomic E-state index is 0.388. The minimum absolute atomic E-state index is 0.388. The van der Waals surface area contributed by atoms with Gasteiger partial charge in [-0.25, -0.2) is 0 Å². The highest BCUT2D eigenvalue weighted by atomic mass is 16.3. The monoisotopic (exact) mass is 246 g/mol. The predicted octanol–water partition coefficient (Wildman–Crippen LogP) is 2.06. The Balaban J connectivity index is 1.76. The van der Waals surface area contributed by atoms with Crippen LogP contribution in [0.25, 0.3) is 0 Å². The van der Waals surface area contributed by atoms with E-state index in [2.05, 4.69) is 16.3 Å². The molecule has 2 heterocycles. The lowest BCUT2D eigenvalue weighted by Crippen LogP contribution is -2.41. The number of phenols is 1. The van der Waals surface area contributed by atoms with E-state index in [-0.39, 0.29) is 0 Å². The summed E-state index contributed by atoms with van der Waals surface area (Å²) in [4.78, 5) is 2.56. The fourth-order valence-corrected chi connectivity index (χ4v) is 3.24. The zero-order chi connectivity index (χ0) is 12.4. The second kappa shape index (κ2) is 5.29. The molecule has 3 nitrogen and oxygen atoms in total. The van der Waals surface area contributed by atoms with Crippen molar-refractivity contribution in [2.45, 2.75) is 31.7 Å². The maximum absolute atomic E-state index is 9.94. The van der Waals surface area contributed by atoms with Gasteiger partial charge in [-0.1, -0.05) is 18.6 Å². The van der Waals surface area contributed by atoms with Crippen LogP contribution in [0.5, 0.6) is 5.75 Å². The highest BCUT2D eigenvalue weighted by Crippen LogP contribution is 2.30. The average Bonchev–Trinajstić information content (AvgIpc) is 2.41. The highest BCUT2D eigenvalue weighted by molar-refractivity contribution is 5.42. The molecule has 0 spiro atoms. The highest BCUT2D eigenvalue weighted by Gasteiger charge is 2.24. The fraction of sp³-hybridized carbons (Fsp3) is 0.600. The number of phenolic OH excluding ortho intramolecular Hbond substituents is 1. The van der Waals surface area contributed by atoms with E-state index in [1.807, 2.05) is 12.1 Å². The molecule has 0 amide bonds. The molecule has 3 rings (SSSR count). The first-order valence-corrected chi connectivity index (χ1v) is 7.11. The molecule has 1 unspecified atom stereocenters. The molecule has 0 saturated carbocycles. The van der Waals surface area contributed by atoms with Crippen LogP contribution in [0.2, 0.25) is 0 Å². The molecule has 98 valence electrons. The van der Waals surface area contributed by atoms with E-state index in [0.29, 0.717) is 11.8 Å². The molecule has 0 aromatic heterocycles. The van der Waals surface area contributed by atoms with E-state index in [0.717, 1.165) is 25.1 Å². The zero-order valence-corrected chi connectivity index (χ0v) is 10.9. The van der Waals surface area contributed by atoms with E-state index in [1.165, 1.54) is 37.9 Å². The number of benzene rings is 1. The van der Waals surface area contributed by atoms with Gasteiger partial charge in [0.15, 0.2) is 0 Å². The van der Waals surface area contributed by atoms with Crippen LogP contribution >= 0.6 is 0 Å². The predicted molar refractivity (Wildman–Crippen MR) is 72.8 cm³/mol. The Hall–Kier alpha value is -1.06. The van der Waals surface area contributed by atoms with Crippen LogP contribution in [0, 0.1) is 0 Å². The summed E-state index contributed by atoms with van der Waals surface area (Å²) in [6.07, 6.45) is 4.99. The van der Waals surface area contributed by atoms with E-state index >= 15 is 0 Å². The zero-order valence-electron chi connectivity index (χ0n) is 10.9. The third-order valence-electron chi connectivity index (χ3n) is 4.22. The third kappa shape index (κ3) is 2.38. The smallest absolute Gasteiger partial charge is 0.119 e. The van der Waals surface area contributed by atoms with E-state index in [4.69, 9.17) is 0 Å². The van der Waals surface area contributed by atoms with Gasteiger partial charge in [0.1, 0.15) is 5.75 Å². The second-order valence-corrected chi connectivity index (χ2v) is 5.46. The van der Waals surface area contributed by atoms with E-state index in [1.54, 1.807) is 0 Å². The van der Waals surface area contributed by atoms with Gasteiger partial charge in [0.05, 0.1) is 0 Å². The summed E-state index contributed by atoms with van der Waals surface area (Å²) in [6.45, 7) is 4.51. The first-order chi connectivity index (χ1) is 8.84. The standard InChI is InChI=1S/C15H22N2O/c18-15-6-4-5-12-13(15)7-8-16-14(12)11-17-9-2-1-3-10-17/h4-6,14,16,18H,1-3,7-11H2. The summed E-state index contributed by atoms with van der Waals surface area (Å²) in [5.41, 5.74) is 2.45. The van der Waals surface area contributed by atoms with Gasteiger partial charge in [0, 0.05) is 12.6 Å². The largest absolute Gasteiger partial charge is 0.508 e.